The minimum Gasteiger partial charge on any atom is -0.325 e. The lowest BCUT2D eigenvalue weighted by Crippen LogP contribution is -2.43. The molecule has 1 amide bonds. The molecule has 3 aromatic rings. The van der Waals surface area contributed by atoms with Gasteiger partial charge in [-0.2, -0.15) is 0 Å². The van der Waals surface area contributed by atoms with E-state index in [1.54, 1.807) is 18.2 Å². The van der Waals surface area contributed by atoms with Crippen molar-refractivity contribution in [1.29, 1.82) is 0 Å². The number of benzene rings is 3. The fraction of sp³-hybridized carbons (Fsp3) is 0.154. The molecule has 0 saturated carbocycles. The van der Waals surface area contributed by atoms with Crippen LogP contribution >= 0.6 is 23.2 Å². The molecule has 0 aromatic heterocycles. The summed E-state index contributed by atoms with van der Waals surface area (Å²) in [5.41, 5.74) is 3.76. The Morgan fingerprint density at radius 3 is 2.48 bits per heavy atom. The first-order valence-corrected chi connectivity index (χ1v) is 10.8. The number of hydrogen-bond acceptors (Lipinski definition) is 2. The van der Waals surface area contributed by atoms with Gasteiger partial charge in [0, 0.05) is 33.6 Å². The molecule has 0 fully saturated rings. The predicted octanol–water partition coefficient (Wildman–Crippen LogP) is 6.33. The van der Waals surface area contributed by atoms with Crippen LogP contribution in [-0.4, -0.2) is 11.7 Å². The molecule has 1 aliphatic heterocycles. The van der Waals surface area contributed by atoms with Crippen molar-refractivity contribution in [3.05, 3.63) is 105 Å². The molecule has 2 atom stereocenters. The van der Waals surface area contributed by atoms with Gasteiger partial charge in [-0.25, -0.2) is 0 Å². The largest absolute Gasteiger partial charge is 0.325 e. The lowest BCUT2D eigenvalue weighted by atomic mass is 9.61. The van der Waals surface area contributed by atoms with Crippen LogP contribution in [0.15, 0.2) is 72.8 Å². The predicted molar refractivity (Wildman–Crippen MR) is 125 cm³/mol. The first-order valence-electron chi connectivity index (χ1n) is 10.1. The molecule has 5 rings (SSSR count). The Balaban J connectivity index is 1.81. The van der Waals surface area contributed by atoms with Crippen molar-refractivity contribution in [2.75, 3.05) is 5.32 Å². The maximum Gasteiger partial charge on any atom is 0.239 e. The van der Waals surface area contributed by atoms with Gasteiger partial charge in [-0.3, -0.25) is 9.59 Å². The molecule has 0 radical (unpaired) electrons. The van der Waals surface area contributed by atoms with E-state index < -0.39 is 5.41 Å². The highest BCUT2D eigenvalue weighted by Crippen LogP contribution is 2.54. The zero-order valence-electron chi connectivity index (χ0n) is 16.8. The molecule has 31 heavy (non-hydrogen) atoms. The zero-order valence-corrected chi connectivity index (χ0v) is 18.3. The van der Waals surface area contributed by atoms with Crippen LogP contribution in [0, 0.1) is 6.92 Å². The number of carbonyl (C=O) groups is 2. The zero-order chi connectivity index (χ0) is 21.8. The Labute approximate surface area is 190 Å². The first kappa shape index (κ1) is 20.0. The Morgan fingerprint density at radius 1 is 0.935 bits per heavy atom. The first-order chi connectivity index (χ1) is 14.9. The SMILES string of the molecule is Cc1ccccc1C1=C[C@@]2(C(=O)Nc3cc(Cl)ccc32)[C@H](c2cccc(Cl)c2)CC1=O. The quantitative estimate of drug-likeness (QED) is 0.498. The van der Waals surface area contributed by atoms with Crippen molar-refractivity contribution in [3.8, 4) is 0 Å². The highest BCUT2D eigenvalue weighted by Gasteiger charge is 2.54. The summed E-state index contributed by atoms with van der Waals surface area (Å²) in [6, 6.07) is 20.6. The molecule has 0 bridgehead atoms. The van der Waals surface area contributed by atoms with Gasteiger partial charge < -0.3 is 5.32 Å². The number of halogens is 2. The number of amides is 1. The van der Waals surface area contributed by atoms with Crippen LogP contribution in [0.5, 0.6) is 0 Å². The molecule has 3 aromatic carbocycles. The van der Waals surface area contributed by atoms with Crippen molar-refractivity contribution in [2.24, 2.45) is 0 Å². The summed E-state index contributed by atoms with van der Waals surface area (Å²) in [4.78, 5) is 27.0. The van der Waals surface area contributed by atoms with Gasteiger partial charge in [-0.1, -0.05) is 71.7 Å². The van der Waals surface area contributed by atoms with E-state index in [-0.39, 0.29) is 24.0 Å². The smallest absolute Gasteiger partial charge is 0.239 e. The van der Waals surface area contributed by atoms with E-state index in [2.05, 4.69) is 5.32 Å². The number of Topliss-reactive ketones (excluding diaryl/α,β-unsaturated/α-hetero) is 1. The molecule has 1 aliphatic carbocycles. The summed E-state index contributed by atoms with van der Waals surface area (Å²) in [6.45, 7) is 1.97. The summed E-state index contributed by atoms with van der Waals surface area (Å²) < 4.78 is 0. The fourth-order valence-electron chi connectivity index (χ4n) is 4.89. The third kappa shape index (κ3) is 3.12. The Bertz CT molecular complexity index is 1280. The molecular formula is C26H19Cl2NO2. The summed E-state index contributed by atoms with van der Waals surface area (Å²) in [5.74, 6) is -0.526. The Morgan fingerprint density at radius 2 is 1.71 bits per heavy atom. The van der Waals surface area contributed by atoms with E-state index in [9.17, 15) is 9.59 Å². The molecule has 0 unspecified atom stereocenters. The van der Waals surface area contributed by atoms with Gasteiger partial charge in [0.05, 0.1) is 0 Å². The number of aryl methyl sites for hydroxylation is 1. The summed E-state index contributed by atoms with van der Waals surface area (Å²) >= 11 is 12.5. The normalized spacial score (nSPS) is 22.3. The lowest BCUT2D eigenvalue weighted by molar-refractivity contribution is -0.121. The summed E-state index contributed by atoms with van der Waals surface area (Å²) in [7, 11) is 0. The van der Waals surface area contributed by atoms with Crippen LogP contribution in [0.1, 0.15) is 34.6 Å². The Kier molecular flexibility index (Phi) is 4.76. The number of allylic oxidation sites excluding steroid dienone is 1. The van der Waals surface area contributed by atoms with Gasteiger partial charge in [0.1, 0.15) is 5.41 Å². The van der Waals surface area contributed by atoms with E-state index in [1.165, 1.54) is 0 Å². The lowest BCUT2D eigenvalue weighted by Gasteiger charge is -2.38. The van der Waals surface area contributed by atoms with Crippen LogP contribution in [0.4, 0.5) is 5.69 Å². The van der Waals surface area contributed by atoms with Crippen molar-refractivity contribution in [1.82, 2.24) is 0 Å². The fourth-order valence-corrected chi connectivity index (χ4v) is 5.26. The van der Waals surface area contributed by atoms with Gasteiger partial charge >= 0.3 is 0 Å². The summed E-state index contributed by atoms with van der Waals surface area (Å²) in [5, 5.41) is 4.12. The Hall–Kier alpha value is -2.88. The molecule has 3 nitrogen and oxygen atoms in total. The van der Waals surface area contributed by atoms with Crippen LogP contribution in [0.2, 0.25) is 10.0 Å². The third-order valence-corrected chi connectivity index (χ3v) is 6.82. The van der Waals surface area contributed by atoms with Gasteiger partial charge in [0.25, 0.3) is 0 Å². The standard InChI is InChI=1S/C26H19Cl2NO2/c1-15-5-2-3-8-19(15)20-14-26(21-10-9-18(28)12-23(21)29-25(26)31)22(13-24(20)30)16-6-4-7-17(27)11-16/h2-12,14,22H,13H2,1H3,(H,29,31)/t22-,26-/m0/s1. The molecule has 1 N–H and O–H groups in total. The number of hydrogen-bond donors (Lipinski definition) is 1. The van der Waals surface area contributed by atoms with E-state index >= 15 is 0 Å². The van der Waals surface area contributed by atoms with E-state index in [4.69, 9.17) is 23.2 Å². The monoisotopic (exact) mass is 447 g/mol. The second-order valence-corrected chi connectivity index (χ2v) is 8.99. The van der Waals surface area contributed by atoms with E-state index in [1.807, 2.05) is 61.5 Å². The van der Waals surface area contributed by atoms with Crippen LogP contribution < -0.4 is 5.32 Å². The molecule has 1 heterocycles. The number of ketones is 1. The van der Waals surface area contributed by atoms with Gasteiger partial charge in [-0.05, 0) is 53.4 Å². The van der Waals surface area contributed by atoms with Crippen LogP contribution in [0.25, 0.3) is 5.57 Å². The van der Waals surface area contributed by atoms with Crippen molar-refractivity contribution in [3.63, 3.8) is 0 Å². The van der Waals surface area contributed by atoms with Gasteiger partial charge in [-0.15, -0.1) is 0 Å². The van der Waals surface area contributed by atoms with Gasteiger partial charge in [0.2, 0.25) is 5.91 Å². The minimum atomic E-state index is -1.03. The van der Waals surface area contributed by atoms with Crippen molar-refractivity contribution >= 4 is 46.2 Å². The van der Waals surface area contributed by atoms with Crippen LogP contribution in [-0.2, 0) is 15.0 Å². The average molecular weight is 448 g/mol. The number of rotatable bonds is 2. The van der Waals surface area contributed by atoms with Gasteiger partial charge in [0.15, 0.2) is 5.78 Å². The van der Waals surface area contributed by atoms with Crippen LogP contribution in [0.3, 0.4) is 0 Å². The highest BCUT2D eigenvalue weighted by atomic mass is 35.5. The maximum atomic E-state index is 13.6. The molecule has 2 aliphatic rings. The number of fused-ring (bicyclic) bond motifs is 2. The molecule has 1 spiro atoms. The number of carbonyl (C=O) groups excluding carboxylic acids is 2. The minimum absolute atomic E-state index is 0.0140. The highest BCUT2D eigenvalue weighted by molar-refractivity contribution is 6.31. The average Bonchev–Trinajstić information content (AvgIpc) is 3.00. The molecule has 0 saturated heterocycles. The topological polar surface area (TPSA) is 46.2 Å². The molecule has 154 valence electrons. The molecular weight excluding hydrogens is 429 g/mol. The molecule has 5 heteroatoms. The summed E-state index contributed by atoms with van der Waals surface area (Å²) in [6.07, 6.45) is 2.07. The third-order valence-electron chi connectivity index (χ3n) is 6.35. The van der Waals surface area contributed by atoms with Crippen molar-refractivity contribution < 1.29 is 9.59 Å². The van der Waals surface area contributed by atoms with Crippen molar-refractivity contribution in [2.45, 2.75) is 24.7 Å². The van der Waals surface area contributed by atoms with E-state index in [0.717, 1.165) is 22.3 Å². The number of anilines is 1. The second kappa shape index (κ2) is 7.37. The second-order valence-electron chi connectivity index (χ2n) is 8.12. The maximum absolute atomic E-state index is 13.6. The van der Waals surface area contributed by atoms with E-state index in [0.29, 0.717) is 21.3 Å². The number of nitrogens with one attached hydrogen (secondary N) is 1.